The number of benzene rings is 2. The molecule has 3 N–H and O–H groups in total. The van der Waals surface area contributed by atoms with Crippen LogP contribution in [0.5, 0.6) is 0 Å². The quantitative estimate of drug-likeness (QED) is 0.728. The molecular weight excluding hydrogens is 280 g/mol. The second-order valence-electron chi connectivity index (χ2n) is 5.06. The molecular formula is C17H16N2OS. The molecule has 0 amide bonds. The van der Waals surface area contributed by atoms with Gasteiger partial charge in [0.2, 0.25) is 0 Å². The molecule has 21 heavy (non-hydrogen) atoms. The van der Waals surface area contributed by atoms with Gasteiger partial charge in [-0.05, 0) is 28.6 Å². The average Bonchev–Trinajstić information content (AvgIpc) is 2.90. The zero-order valence-corrected chi connectivity index (χ0v) is 12.3. The molecule has 0 radical (unpaired) electrons. The standard InChI is InChI=1S/C17H16N2OS/c18-17(21)15-6-5-14-7-8-19(16(14)9-15)10-12-1-3-13(11-20)4-2-12/h1-9,20H,10-11H2,(H2,18,21). The van der Waals surface area contributed by atoms with E-state index in [1.54, 1.807) is 0 Å². The summed E-state index contributed by atoms with van der Waals surface area (Å²) in [4.78, 5) is 0.414. The highest BCUT2D eigenvalue weighted by Gasteiger charge is 2.05. The van der Waals surface area contributed by atoms with Crippen molar-refractivity contribution in [1.29, 1.82) is 0 Å². The average molecular weight is 296 g/mol. The molecule has 0 aliphatic rings. The summed E-state index contributed by atoms with van der Waals surface area (Å²) in [6, 6.07) is 16.1. The van der Waals surface area contributed by atoms with E-state index in [-0.39, 0.29) is 6.61 Å². The monoisotopic (exact) mass is 296 g/mol. The smallest absolute Gasteiger partial charge is 0.104 e. The molecule has 0 saturated carbocycles. The number of rotatable bonds is 4. The number of nitrogens with two attached hydrogens (primary N) is 1. The van der Waals surface area contributed by atoms with E-state index in [1.165, 1.54) is 10.9 Å². The largest absolute Gasteiger partial charge is 0.392 e. The third-order valence-electron chi connectivity index (χ3n) is 3.62. The van der Waals surface area contributed by atoms with Gasteiger partial charge < -0.3 is 15.4 Å². The molecule has 3 aromatic rings. The zero-order valence-electron chi connectivity index (χ0n) is 11.5. The van der Waals surface area contributed by atoms with Gasteiger partial charge in [-0.15, -0.1) is 0 Å². The molecule has 0 fully saturated rings. The SMILES string of the molecule is NC(=S)c1ccc2ccn(Cc3ccc(CO)cc3)c2c1. The third kappa shape index (κ3) is 2.82. The minimum Gasteiger partial charge on any atom is -0.392 e. The van der Waals surface area contributed by atoms with Crippen LogP contribution in [-0.2, 0) is 13.2 Å². The van der Waals surface area contributed by atoms with Gasteiger partial charge in [-0.2, -0.15) is 0 Å². The number of aliphatic hydroxyl groups is 1. The van der Waals surface area contributed by atoms with Crippen LogP contribution >= 0.6 is 12.2 Å². The first-order chi connectivity index (χ1) is 10.2. The first-order valence-electron chi connectivity index (χ1n) is 6.75. The molecule has 106 valence electrons. The molecule has 1 aromatic heterocycles. The van der Waals surface area contributed by atoms with Crippen molar-refractivity contribution in [3.8, 4) is 0 Å². The molecule has 3 nitrogen and oxygen atoms in total. The van der Waals surface area contributed by atoms with E-state index in [0.717, 1.165) is 23.2 Å². The van der Waals surface area contributed by atoms with Crippen molar-refractivity contribution < 1.29 is 5.11 Å². The zero-order chi connectivity index (χ0) is 14.8. The van der Waals surface area contributed by atoms with Crippen molar-refractivity contribution in [3.05, 3.63) is 71.4 Å². The molecule has 0 spiro atoms. The lowest BCUT2D eigenvalue weighted by Crippen LogP contribution is -2.09. The van der Waals surface area contributed by atoms with E-state index in [2.05, 4.69) is 16.8 Å². The van der Waals surface area contributed by atoms with E-state index < -0.39 is 0 Å². The van der Waals surface area contributed by atoms with Crippen molar-refractivity contribution >= 4 is 28.1 Å². The summed E-state index contributed by atoms with van der Waals surface area (Å²) in [6.07, 6.45) is 2.06. The predicted molar refractivity (Wildman–Crippen MR) is 89.3 cm³/mol. The number of fused-ring (bicyclic) bond motifs is 1. The highest BCUT2D eigenvalue weighted by atomic mass is 32.1. The Bertz CT molecular complexity index is 790. The Morgan fingerprint density at radius 3 is 2.43 bits per heavy atom. The van der Waals surface area contributed by atoms with Gasteiger partial charge in [0.05, 0.1) is 6.61 Å². The molecule has 0 saturated heterocycles. The number of aliphatic hydroxyl groups excluding tert-OH is 1. The Balaban J connectivity index is 1.95. The van der Waals surface area contributed by atoms with Crippen LogP contribution < -0.4 is 5.73 Å². The van der Waals surface area contributed by atoms with Gasteiger partial charge in [0.1, 0.15) is 4.99 Å². The summed E-state index contributed by atoms with van der Waals surface area (Å²) in [6.45, 7) is 0.847. The maximum absolute atomic E-state index is 9.08. The molecule has 0 bridgehead atoms. The Morgan fingerprint density at radius 1 is 1.05 bits per heavy atom. The first kappa shape index (κ1) is 13.8. The second-order valence-corrected chi connectivity index (χ2v) is 5.50. The van der Waals surface area contributed by atoms with Gasteiger partial charge in [0, 0.05) is 23.8 Å². The van der Waals surface area contributed by atoms with Crippen LogP contribution in [-0.4, -0.2) is 14.7 Å². The van der Waals surface area contributed by atoms with E-state index in [4.69, 9.17) is 23.1 Å². The van der Waals surface area contributed by atoms with E-state index >= 15 is 0 Å². The normalized spacial score (nSPS) is 10.9. The van der Waals surface area contributed by atoms with Gasteiger partial charge in [-0.3, -0.25) is 0 Å². The number of hydrogen-bond acceptors (Lipinski definition) is 2. The predicted octanol–water partition coefficient (Wildman–Crippen LogP) is 2.82. The molecule has 1 heterocycles. The fraction of sp³-hybridized carbons (Fsp3) is 0.118. The van der Waals surface area contributed by atoms with Crippen molar-refractivity contribution in [3.63, 3.8) is 0 Å². The van der Waals surface area contributed by atoms with Crippen LogP contribution in [0.1, 0.15) is 16.7 Å². The minimum atomic E-state index is 0.0734. The lowest BCUT2D eigenvalue weighted by molar-refractivity contribution is 0.282. The Hall–Kier alpha value is -2.17. The van der Waals surface area contributed by atoms with Crippen molar-refractivity contribution in [2.24, 2.45) is 5.73 Å². The van der Waals surface area contributed by atoms with Crippen molar-refractivity contribution in [2.45, 2.75) is 13.2 Å². The fourth-order valence-electron chi connectivity index (χ4n) is 2.42. The Morgan fingerprint density at radius 2 is 1.76 bits per heavy atom. The summed E-state index contributed by atoms with van der Waals surface area (Å²) in [5, 5.41) is 10.2. The highest BCUT2D eigenvalue weighted by molar-refractivity contribution is 7.80. The second kappa shape index (κ2) is 5.68. The van der Waals surface area contributed by atoms with Crippen LogP contribution in [0.2, 0.25) is 0 Å². The van der Waals surface area contributed by atoms with Crippen LogP contribution in [0.4, 0.5) is 0 Å². The van der Waals surface area contributed by atoms with Gasteiger partial charge in [-0.25, -0.2) is 0 Å². The number of aromatic nitrogens is 1. The van der Waals surface area contributed by atoms with Crippen LogP contribution in [0.15, 0.2) is 54.7 Å². The Labute approximate surface area is 128 Å². The maximum Gasteiger partial charge on any atom is 0.104 e. The Kier molecular flexibility index (Phi) is 3.73. The van der Waals surface area contributed by atoms with Crippen LogP contribution in [0.3, 0.4) is 0 Å². The van der Waals surface area contributed by atoms with Gasteiger partial charge in [0.25, 0.3) is 0 Å². The lowest BCUT2D eigenvalue weighted by Gasteiger charge is -2.07. The molecule has 0 aliphatic heterocycles. The van der Waals surface area contributed by atoms with E-state index in [9.17, 15) is 0 Å². The minimum absolute atomic E-state index is 0.0734. The van der Waals surface area contributed by atoms with Gasteiger partial charge in [0.15, 0.2) is 0 Å². The number of thiocarbonyl (C=S) groups is 1. The molecule has 4 heteroatoms. The summed E-state index contributed by atoms with van der Waals surface area (Å²) in [5.74, 6) is 0. The fourth-order valence-corrected chi connectivity index (χ4v) is 2.55. The summed E-state index contributed by atoms with van der Waals surface area (Å²) < 4.78 is 2.17. The molecule has 2 aromatic carbocycles. The van der Waals surface area contributed by atoms with Crippen molar-refractivity contribution in [2.75, 3.05) is 0 Å². The number of nitrogens with zero attached hydrogens (tertiary/aromatic N) is 1. The number of hydrogen-bond donors (Lipinski definition) is 2. The summed E-state index contributed by atoms with van der Waals surface area (Å²) in [5.41, 5.74) is 9.81. The van der Waals surface area contributed by atoms with E-state index in [1.807, 2.05) is 42.5 Å². The molecule has 0 aliphatic carbocycles. The highest BCUT2D eigenvalue weighted by Crippen LogP contribution is 2.19. The molecule has 0 unspecified atom stereocenters. The molecule has 0 atom stereocenters. The van der Waals surface area contributed by atoms with Gasteiger partial charge in [-0.1, -0.05) is 48.6 Å². The first-order valence-corrected chi connectivity index (χ1v) is 7.15. The van der Waals surface area contributed by atoms with E-state index in [0.29, 0.717) is 4.99 Å². The molecule has 3 rings (SSSR count). The topological polar surface area (TPSA) is 51.2 Å². The van der Waals surface area contributed by atoms with Gasteiger partial charge >= 0.3 is 0 Å². The maximum atomic E-state index is 9.08. The van der Waals surface area contributed by atoms with Crippen LogP contribution in [0, 0.1) is 0 Å². The summed E-state index contributed by atoms with van der Waals surface area (Å²) in [7, 11) is 0. The van der Waals surface area contributed by atoms with Crippen LogP contribution in [0.25, 0.3) is 10.9 Å². The van der Waals surface area contributed by atoms with Crippen molar-refractivity contribution in [1.82, 2.24) is 4.57 Å². The lowest BCUT2D eigenvalue weighted by atomic mass is 10.1. The summed E-state index contributed by atoms with van der Waals surface area (Å²) >= 11 is 5.04. The third-order valence-corrected chi connectivity index (χ3v) is 3.85.